The number of hydrogen-bond acceptors (Lipinski definition) is 4. The lowest BCUT2D eigenvalue weighted by Crippen LogP contribution is -2.34. The highest BCUT2D eigenvalue weighted by atomic mass is 35.5. The zero-order valence-corrected chi connectivity index (χ0v) is 17.6. The van der Waals surface area contributed by atoms with E-state index in [2.05, 4.69) is 10.1 Å². The molecule has 33 heavy (non-hydrogen) atoms. The summed E-state index contributed by atoms with van der Waals surface area (Å²) in [7, 11) is 0. The number of hydrogen-bond donors (Lipinski definition) is 0. The van der Waals surface area contributed by atoms with Crippen molar-refractivity contribution in [1.29, 1.82) is 0 Å². The average molecular weight is 487 g/mol. The SMILES string of the molecule is O=C(Cc1cc2cn(CC(=O)N3CCC(F)(F)C3)nc2cc1Cl)c1cccc(C(F)(F)F)n1. The molecule has 6 nitrogen and oxygen atoms in total. The molecule has 0 bridgehead atoms. The molecule has 1 aliphatic rings. The Morgan fingerprint density at radius 3 is 2.61 bits per heavy atom. The number of halogens is 6. The Kier molecular flexibility index (Phi) is 5.85. The first-order valence-corrected chi connectivity index (χ1v) is 10.2. The summed E-state index contributed by atoms with van der Waals surface area (Å²) in [6.07, 6.45) is -3.85. The number of pyridine rings is 1. The zero-order chi connectivity index (χ0) is 24.0. The number of amides is 1. The molecule has 3 aromatic rings. The van der Waals surface area contributed by atoms with Crippen LogP contribution in [-0.2, 0) is 23.9 Å². The normalized spacial score (nSPS) is 15.9. The van der Waals surface area contributed by atoms with Crippen LogP contribution in [0.5, 0.6) is 0 Å². The number of rotatable bonds is 5. The van der Waals surface area contributed by atoms with Gasteiger partial charge in [0, 0.05) is 36.0 Å². The lowest BCUT2D eigenvalue weighted by molar-refractivity contribution is -0.141. The maximum absolute atomic E-state index is 13.3. The van der Waals surface area contributed by atoms with Crippen LogP contribution in [0.15, 0.2) is 36.5 Å². The van der Waals surface area contributed by atoms with Crippen molar-refractivity contribution in [2.24, 2.45) is 0 Å². The third kappa shape index (κ3) is 5.13. The Labute approximate surface area is 188 Å². The van der Waals surface area contributed by atoms with E-state index in [1.165, 1.54) is 23.0 Å². The maximum Gasteiger partial charge on any atom is 0.433 e. The van der Waals surface area contributed by atoms with Crippen LogP contribution in [0.3, 0.4) is 0 Å². The number of carbonyl (C=O) groups is 2. The zero-order valence-electron chi connectivity index (χ0n) is 16.9. The van der Waals surface area contributed by atoms with Gasteiger partial charge in [0.25, 0.3) is 5.92 Å². The smallest absolute Gasteiger partial charge is 0.335 e. The van der Waals surface area contributed by atoms with Crippen LogP contribution in [0, 0.1) is 0 Å². The second-order valence-corrected chi connectivity index (χ2v) is 8.16. The van der Waals surface area contributed by atoms with Gasteiger partial charge >= 0.3 is 6.18 Å². The van der Waals surface area contributed by atoms with E-state index in [1.54, 1.807) is 6.07 Å². The van der Waals surface area contributed by atoms with Crippen molar-refractivity contribution >= 4 is 34.2 Å². The third-order valence-corrected chi connectivity index (χ3v) is 5.57. The van der Waals surface area contributed by atoms with E-state index >= 15 is 0 Å². The Hall–Kier alpha value is -3.08. The van der Waals surface area contributed by atoms with Gasteiger partial charge in [0.15, 0.2) is 5.78 Å². The fourth-order valence-electron chi connectivity index (χ4n) is 3.56. The van der Waals surface area contributed by atoms with E-state index in [-0.39, 0.29) is 36.6 Å². The number of fused-ring (bicyclic) bond motifs is 1. The van der Waals surface area contributed by atoms with Gasteiger partial charge in [0.1, 0.15) is 17.9 Å². The summed E-state index contributed by atoms with van der Waals surface area (Å²) in [5, 5.41) is 4.91. The molecule has 1 fully saturated rings. The van der Waals surface area contributed by atoms with Crippen molar-refractivity contribution in [3.05, 3.63) is 58.5 Å². The van der Waals surface area contributed by atoms with E-state index < -0.39 is 36.0 Å². The van der Waals surface area contributed by atoms with Crippen LogP contribution < -0.4 is 0 Å². The fourth-order valence-corrected chi connectivity index (χ4v) is 3.78. The van der Waals surface area contributed by atoms with Crippen molar-refractivity contribution in [3.63, 3.8) is 0 Å². The molecule has 0 atom stereocenters. The van der Waals surface area contributed by atoms with Crippen molar-refractivity contribution in [2.45, 2.75) is 31.5 Å². The molecule has 1 amide bonds. The van der Waals surface area contributed by atoms with Gasteiger partial charge in [-0.3, -0.25) is 14.3 Å². The molecule has 1 saturated heterocycles. The minimum atomic E-state index is -4.68. The molecule has 174 valence electrons. The van der Waals surface area contributed by atoms with Gasteiger partial charge in [-0.2, -0.15) is 18.3 Å². The number of aromatic nitrogens is 3. The summed E-state index contributed by atoms with van der Waals surface area (Å²) in [5.41, 5.74) is -0.757. The van der Waals surface area contributed by atoms with Crippen molar-refractivity contribution < 1.29 is 31.5 Å². The van der Waals surface area contributed by atoms with Crippen LogP contribution in [0.25, 0.3) is 10.9 Å². The summed E-state index contributed by atoms with van der Waals surface area (Å²) >= 11 is 6.23. The third-order valence-electron chi connectivity index (χ3n) is 5.22. The predicted octanol–water partition coefficient (Wildman–Crippen LogP) is 4.40. The van der Waals surface area contributed by atoms with Crippen LogP contribution in [0.2, 0.25) is 5.02 Å². The molecule has 3 heterocycles. The molecule has 0 N–H and O–H groups in total. The molecule has 0 spiro atoms. The minimum absolute atomic E-state index is 0.0334. The molecule has 0 radical (unpaired) electrons. The Balaban J connectivity index is 1.51. The summed E-state index contributed by atoms with van der Waals surface area (Å²) in [4.78, 5) is 29.3. The first-order valence-electron chi connectivity index (χ1n) is 9.80. The number of benzene rings is 1. The standard InChI is InChI=1S/C21H16ClF5N4O2/c22-14-8-16-13(9-31(29-16)10-19(33)30-5-4-20(23,24)11-30)6-12(14)7-17(32)15-2-1-3-18(28-15)21(25,26)27/h1-3,6,8-9H,4-5,7,10-11H2. The van der Waals surface area contributed by atoms with Gasteiger partial charge in [-0.25, -0.2) is 13.8 Å². The van der Waals surface area contributed by atoms with Crippen molar-refractivity contribution in [1.82, 2.24) is 19.7 Å². The van der Waals surface area contributed by atoms with Crippen LogP contribution in [-0.4, -0.2) is 50.4 Å². The van der Waals surface area contributed by atoms with Gasteiger partial charge in [0.05, 0.1) is 12.1 Å². The summed E-state index contributed by atoms with van der Waals surface area (Å²) in [5.74, 6) is -4.05. The largest absolute Gasteiger partial charge is 0.433 e. The Bertz CT molecular complexity index is 1240. The first kappa shape index (κ1) is 23.1. The molecule has 2 aromatic heterocycles. The molecule has 12 heteroatoms. The maximum atomic E-state index is 13.3. The fraction of sp³-hybridized carbons (Fsp3) is 0.333. The number of alkyl halides is 5. The van der Waals surface area contributed by atoms with Crippen LogP contribution in [0.4, 0.5) is 22.0 Å². The number of nitrogens with zero attached hydrogens (tertiary/aromatic N) is 4. The molecular weight excluding hydrogens is 471 g/mol. The van der Waals surface area contributed by atoms with Gasteiger partial charge in [-0.05, 0) is 29.8 Å². The van der Waals surface area contributed by atoms with Crippen LogP contribution in [0.1, 0.15) is 28.2 Å². The summed E-state index contributed by atoms with van der Waals surface area (Å²) < 4.78 is 66.5. The van der Waals surface area contributed by atoms with Gasteiger partial charge in [0.2, 0.25) is 5.91 Å². The Morgan fingerprint density at radius 1 is 1.18 bits per heavy atom. The Morgan fingerprint density at radius 2 is 1.94 bits per heavy atom. The van der Waals surface area contributed by atoms with Gasteiger partial charge in [-0.1, -0.05) is 17.7 Å². The lowest BCUT2D eigenvalue weighted by atomic mass is 10.0. The average Bonchev–Trinajstić information content (AvgIpc) is 3.29. The van der Waals surface area contributed by atoms with E-state index in [0.29, 0.717) is 16.5 Å². The molecular formula is C21H16ClF5N4O2. The molecule has 0 unspecified atom stereocenters. The number of likely N-dealkylation sites (tertiary alicyclic amines) is 1. The minimum Gasteiger partial charge on any atom is -0.335 e. The monoisotopic (exact) mass is 486 g/mol. The highest BCUT2D eigenvalue weighted by Gasteiger charge is 2.40. The van der Waals surface area contributed by atoms with Crippen molar-refractivity contribution in [2.75, 3.05) is 13.1 Å². The molecule has 0 aliphatic carbocycles. The molecule has 4 rings (SSSR count). The second-order valence-electron chi connectivity index (χ2n) is 7.76. The highest BCUT2D eigenvalue weighted by molar-refractivity contribution is 6.32. The molecule has 1 aliphatic heterocycles. The van der Waals surface area contributed by atoms with Crippen molar-refractivity contribution in [3.8, 4) is 0 Å². The lowest BCUT2D eigenvalue weighted by Gasteiger charge is -2.15. The molecule has 1 aromatic carbocycles. The van der Waals surface area contributed by atoms with E-state index in [4.69, 9.17) is 11.6 Å². The molecule has 0 saturated carbocycles. The van der Waals surface area contributed by atoms with Crippen LogP contribution >= 0.6 is 11.6 Å². The quantitative estimate of drug-likeness (QED) is 0.396. The van der Waals surface area contributed by atoms with Gasteiger partial charge in [-0.15, -0.1) is 0 Å². The topological polar surface area (TPSA) is 68.1 Å². The van der Waals surface area contributed by atoms with E-state index in [9.17, 15) is 31.5 Å². The summed E-state index contributed by atoms with van der Waals surface area (Å²) in [6.45, 7) is -0.909. The summed E-state index contributed by atoms with van der Waals surface area (Å²) in [6, 6.07) is 6.07. The van der Waals surface area contributed by atoms with E-state index in [1.807, 2.05) is 0 Å². The second kappa shape index (κ2) is 8.36. The number of Topliss-reactive ketones (excluding diaryl/α,β-unsaturated/α-hetero) is 1. The predicted molar refractivity (Wildman–Crippen MR) is 108 cm³/mol. The number of ketones is 1. The van der Waals surface area contributed by atoms with E-state index in [0.717, 1.165) is 17.0 Å². The first-order chi connectivity index (χ1) is 15.4. The highest BCUT2D eigenvalue weighted by Crippen LogP contribution is 2.29. The number of carbonyl (C=O) groups excluding carboxylic acids is 2. The van der Waals surface area contributed by atoms with Gasteiger partial charge < -0.3 is 4.90 Å².